The molecule has 0 aromatic heterocycles. The summed E-state index contributed by atoms with van der Waals surface area (Å²) >= 11 is 0. The van der Waals surface area contributed by atoms with Gasteiger partial charge in [-0.3, -0.25) is 4.99 Å². The molecule has 0 bridgehead atoms. The van der Waals surface area contributed by atoms with Crippen LogP contribution in [0.4, 0.5) is 9.18 Å². The van der Waals surface area contributed by atoms with Crippen molar-refractivity contribution >= 4 is 36.0 Å². The average Bonchev–Trinajstić information content (AvgIpc) is 2.69. The Kier molecular flexibility index (Phi) is 11.1. The first-order chi connectivity index (χ1) is 13.1. The maximum Gasteiger partial charge on any atom is 0.409 e. The van der Waals surface area contributed by atoms with Crippen molar-refractivity contribution < 1.29 is 18.7 Å². The quantitative estimate of drug-likeness (QED) is 0.351. The zero-order valence-electron chi connectivity index (χ0n) is 16.6. The van der Waals surface area contributed by atoms with E-state index in [1.165, 1.54) is 12.1 Å². The van der Waals surface area contributed by atoms with Gasteiger partial charge in [-0.25, -0.2) is 9.18 Å². The van der Waals surface area contributed by atoms with E-state index in [0.717, 1.165) is 18.4 Å². The van der Waals surface area contributed by atoms with Gasteiger partial charge in [-0.15, -0.1) is 24.0 Å². The summed E-state index contributed by atoms with van der Waals surface area (Å²) in [6.45, 7) is 4.01. The second kappa shape index (κ2) is 12.8. The van der Waals surface area contributed by atoms with Crippen molar-refractivity contribution in [3.8, 4) is 0 Å². The number of amides is 1. The van der Waals surface area contributed by atoms with E-state index in [0.29, 0.717) is 32.2 Å². The highest BCUT2D eigenvalue weighted by molar-refractivity contribution is 14.0. The van der Waals surface area contributed by atoms with E-state index in [-0.39, 0.29) is 48.0 Å². The zero-order valence-corrected chi connectivity index (χ0v) is 18.9. The Balaban J connectivity index is 0.00000392. The van der Waals surface area contributed by atoms with Gasteiger partial charge in [-0.1, -0.05) is 12.1 Å². The van der Waals surface area contributed by atoms with Crippen LogP contribution in [0.2, 0.25) is 0 Å². The standard InChI is InChI=1S/C19H29FN4O3.HI/c1-4-27-19(25)24-11-9-16(10-12-24)23-18(21-2)22-13-17(26-3)14-5-7-15(20)8-6-14;/h5-8,16-17H,4,9-13H2,1-3H3,(H2,21,22,23);1H. The minimum atomic E-state index is -0.270. The molecule has 158 valence electrons. The number of benzene rings is 1. The van der Waals surface area contributed by atoms with Crippen molar-refractivity contribution in [3.63, 3.8) is 0 Å². The Labute approximate surface area is 183 Å². The fourth-order valence-electron chi connectivity index (χ4n) is 3.01. The number of methoxy groups -OCH3 is 1. The van der Waals surface area contributed by atoms with E-state index < -0.39 is 0 Å². The molecule has 1 heterocycles. The van der Waals surface area contributed by atoms with Gasteiger partial charge < -0.3 is 25.0 Å². The number of guanidine groups is 1. The number of ether oxygens (including phenoxy) is 2. The Hall–Kier alpha value is -1.62. The van der Waals surface area contributed by atoms with Crippen molar-refractivity contribution in [2.45, 2.75) is 31.9 Å². The Bertz CT molecular complexity index is 622. The summed E-state index contributed by atoms with van der Waals surface area (Å²) in [5.41, 5.74) is 0.893. The number of aliphatic imine (C=N–C) groups is 1. The summed E-state index contributed by atoms with van der Waals surface area (Å²) in [4.78, 5) is 17.7. The number of piperidine rings is 1. The first-order valence-electron chi connectivity index (χ1n) is 9.24. The number of carbonyl (C=O) groups excluding carboxylic acids is 1. The SMILES string of the molecule is CCOC(=O)N1CCC(NC(=NC)NCC(OC)c2ccc(F)cc2)CC1.I. The van der Waals surface area contributed by atoms with Gasteiger partial charge in [-0.05, 0) is 37.5 Å². The lowest BCUT2D eigenvalue weighted by Gasteiger charge is -2.32. The second-order valence-electron chi connectivity index (χ2n) is 6.33. The smallest absolute Gasteiger partial charge is 0.409 e. The van der Waals surface area contributed by atoms with Gasteiger partial charge in [0, 0.05) is 39.8 Å². The summed E-state index contributed by atoms with van der Waals surface area (Å²) in [5.74, 6) is 0.405. The molecule has 0 saturated carbocycles. The summed E-state index contributed by atoms with van der Waals surface area (Å²) in [5, 5.41) is 6.63. The molecule has 1 unspecified atom stereocenters. The minimum absolute atomic E-state index is 0. The van der Waals surface area contributed by atoms with Crippen molar-refractivity contribution in [2.75, 3.05) is 40.4 Å². The molecule has 0 aliphatic carbocycles. The van der Waals surface area contributed by atoms with Crippen LogP contribution in [0, 0.1) is 5.82 Å². The molecule has 1 amide bonds. The number of likely N-dealkylation sites (tertiary alicyclic amines) is 1. The Morgan fingerprint density at radius 2 is 1.96 bits per heavy atom. The molecule has 1 saturated heterocycles. The molecule has 9 heteroatoms. The van der Waals surface area contributed by atoms with Gasteiger partial charge >= 0.3 is 6.09 Å². The third-order valence-corrected chi connectivity index (χ3v) is 4.57. The third kappa shape index (κ3) is 7.42. The normalized spacial score (nSPS) is 16.1. The molecule has 0 radical (unpaired) electrons. The van der Waals surface area contributed by atoms with E-state index >= 15 is 0 Å². The molecule has 1 aliphatic rings. The molecule has 1 atom stereocenters. The van der Waals surface area contributed by atoms with Crippen LogP contribution in [0.3, 0.4) is 0 Å². The Morgan fingerprint density at radius 3 is 2.50 bits per heavy atom. The number of nitrogens with one attached hydrogen (secondary N) is 2. The van der Waals surface area contributed by atoms with E-state index in [2.05, 4.69) is 15.6 Å². The van der Waals surface area contributed by atoms with E-state index in [9.17, 15) is 9.18 Å². The van der Waals surface area contributed by atoms with Crippen LogP contribution in [0.15, 0.2) is 29.3 Å². The number of halogens is 2. The predicted octanol–water partition coefficient (Wildman–Crippen LogP) is 2.92. The van der Waals surface area contributed by atoms with Gasteiger partial charge in [0.15, 0.2) is 5.96 Å². The largest absolute Gasteiger partial charge is 0.450 e. The predicted molar refractivity (Wildman–Crippen MR) is 118 cm³/mol. The molecule has 0 spiro atoms. The minimum Gasteiger partial charge on any atom is -0.450 e. The molecule has 7 nitrogen and oxygen atoms in total. The van der Waals surface area contributed by atoms with E-state index in [1.54, 1.807) is 38.1 Å². The number of carbonyl (C=O) groups is 1. The summed E-state index contributed by atoms with van der Waals surface area (Å²) in [7, 11) is 3.33. The molecular weight excluding hydrogens is 478 g/mol. The molecule has 1 aromatic rings. The number of hydrogen-bond acceptors (Lipinski definition) is 4. The highest BCUT2D eigenvalue weighted by Crippen LogP contribution is 2.16. The lowest BCUT2D eigenvalue weighted by Crippen LogP contribution is -2.50. The van der Waals surface area contributed by atoms with E-state index in [1.807, 2.05) is 0 Å². The van der Waals surface area contributed by atoms with Crippen molar-refractivity contribution in [3.05, 3.63) is 35.6 Å². The van der Waals surface area contributed by atoms with Crippen LogP contribution < -0.4 is 10.6 Å². The van der Waals surface area contributed by atoms with Gasteiger partial charge in [0.1, 0.15) is 5.82 Å². The fraction of sp³-hybridized carbons (Fsp3) is 0.579. The fourth-order valence-corrected chi connectivity index (χ4v) is 3.01. The van der Waals surface area contributed by atoms with Crippen LogP contribution in [0.5, 0.6) is 0 Å². The second-order valence-corrected chi connectivity index (χ2v) is 6.33. The maximum atomic E-state index is 13.1. The summed E-state index contributed by atoms with van der Waals surface area (Å²) in [6.07, 6.45) is 1.19. The highest BCUT2D eigenvalue weighted by Gasteiger charge is 2.24. The third-order valence-electron chi connectivity index (χ3n) is 4.57. The van der Waals surface area contributed by atoms with Crippen LogP contribution >= 0.6 is 24.0 Å². The number of rotatable bonds is 6. The first kappa shape index (κ1) is 24.4. The topological polar surface area (TPSA) is 75.2 Å². The molecule has 2 N–H and O–H groups in total. The van der Waals surface area contributed by atoms with Crippen molar-refractivity contribution in [2.24, 2.45) is 4.99 Å². The maximum absolute atomic E-state index is 13.1. The van der Waals surface area contributed by atoms with Crippen LogP contribution in [0.1, 0.15) is 31.4 Å². The number of hydrogen-bond donors (Lipinski definition) is 2. The molecule has 1 aromatic carbocycles. The van der Waals surface area contributed by atoms with Gasteiger partial charge in [0.2, 0.25) is 0 Å². The van der Waals surface area contributed by atoms with Crippen LogP contribution in [-0.4, -0.2) is 63.4 Å². The van der Waals surface area contributed by atoms with Crippen LogP contribution in [0.25, 0.3) is 0 Å². The first-order valence-corrected chi connectivity index (χ1v) is 9.24. The summed E-state index contributed by atoms with van der Waals surface area (Å²) in [6, 6.07) is 6.50. The molecular formula is C19H30FIN4O3. The lowest BCUT2D eigenvalue weighted by molar-refractivity contribution is 0.0959. The molecule has 1 aliphatic heterocycles. The molecule has 28 heavy (non-hydrogen) atoms. The molecule has 1 fully saturated rings. The monoisotopic (exact) mass is 508 g/mol. The number of nitrogens with zero attached hydrogens (tertiary/aromatic N) is 2. The zero-order chi connectivity index (χ0) is 19.6. The lowest BCUT2D eigenvalue weighted by atomic mass is 10.1. The Morgan fingerprint density at radius 1 is 1.32 bits per heavy atom. The van der Waals surface area contributed by atoms with Crippen molar-refractivity contribution in [1.82, 2.24) is 15.5 Å². The molecule has 2 rings (SSSR count). The summed E-state index contributed by atoms with van der Waals surface area (Å²) < 4.78 is 23.6. The van der Waals surface area contributed by atoms with Crippen LogP contribution in [-0.2, 0) is 9.47 Å². The van der Waals surface area contributed by atoms with Gasteiger partial charge in [0.05, 0.1) is 12.7 Å². The van der Waals surface area contributed by atoms with Gasteiger partial charge in [0.25, 0.3) is 0 Å². The van der Waals surface area contributed by atoms with Crippen molar-refractivity contribution in [1.29, 1.82) is 0 Å². The average molecular weight is 508 g/mol. The van der Waals surface area contributed by atoms with Gasteiger partial charge in [-0.2, -0.15) is 0 Å². The highest BCUT2D eigenvalue weighted by atomic mass is 127. The van der Waals surface area contributed by atoms with E-state index in [4.69, 9.17) is 9.47 Å².